The maximum atomic E-state index is 12.6. The van der Waals surface area contributed by atoms with E-state index in [0.717, 1.165) is 34.6 Å². The molecule has 174 valence electrons. The molecule has 3 aromatic heterocycles. The molecule has 0 aliphatic heterocycles. The molecule has 8 nitrogen and oxygen atoms in total. The van der Waals surface area contributed by atoms with Crippen molar-refractivity contribution >= 4 is 28.6 Å². The fraction of sp³-hybridized carbons (Fsp3) is 0.346. The van der Waals surface area contributed by atoms with E-state index in [1.165, 1.54) is 18.4 Å². The van der Waals surface area contributed by atoms with Crippen LogP contribution in [0, 0.1) is 6.92 Å². The Bertz CT molecular complexity index is 1320. The summed E-state index contributed by atoms with van der Waals surface area (Å²) in [7, 11) is 0. The zero-order chi connectivity index (χ0) is 23.7. The molecule has 1 saturated carbocycles. The van der Waals surface area contributed by atoms with Gasteiger partial charge in [-0.15, -0.1) is 0 Å². The van der Waals surface area contributed by atoms with Gasteiger partial charge in [0.25, 0.3) is 0 Å². The summed E-state index contributed by atoms with van der Waals surface area (Å²) in [6.45, 7) is 6.93. The van der Waals surface area contributed by atoms with Crippen molar-refractivity contribution in [1.29, 1.82) is 0 Å². The third kappa shape index (κ3) is 4.90. The van der Waals surface area contributed by atoms with Crippen molar-refractivity contribution in [3.63, 3.8) is 0 Å². The van der Waals surface area contributed by atoms with Crippen LogP contribution in [-0.4, -0.2) is 30.6 Å². The number of hydrogen-bond donors (Lipinski definition) is 2. The Morgan fingerprint density at radius 2 is 2.03 bits per heavy atom. The molecule has 0 saturated heterocycles. The minimum absolute atomic E-state index is 0.0338. The number of amides is 1. The summed E-state index contributed by atoms with van der Waals surface area (Å²) in [6.07, 6.45) is 8.27. The van der Waals surface area contributed by atoms with E-state index in [1.807, 2.05) is 48.3 Å². The number of aryl methyl sites for hydroxylation is 2. The number of carbonyl (C=O) groups excluding carboxylic acids is 1. The highest BCUT2D eigenvalue weighted by Gasteiger charge is 2.23. The third-order valence-corrected chi connectivity index (χ3v) is 6.23. The number of rotatable bonds is 8. The smallest absolute Gasteiger partial charge is 0.230 e. The van der Waals surface area contributed by atoms with Crippen molar-refractivity contribution in [2.45, 2.75) is 58.5 Å². The first-order valence-corrected chi connectivity index (χ1v) is 11.8. The number of nitrogens with zero attached hydrogens (tertiary/aromatic N) is 5. The van der Waals surface area contributed by atoms with Gasteiger partial charge in [0.15, 0.2) is 0 Å². The first-order chi connectivity index (χ1) is 16.5. The minimum Gasteiger partial charge on any atom is -0.362 e. The van der Waals surface area contributed by atoms with Crippen LogP contribution in [0.3, 0.4) is 0 Å². The van der Waals surface area contributed by atoms with Crippen LogP contribution in [0.1, 0.15) is 61.0 Å². The summed E-state index contributed by atoms with van der Waals surface area (Å²) < 4.78 is 1.82. The van der Waals surface area contributed by atoms with E-state index in [2.05, 4.69) is 50.6 Å². The van der Waals surface area contributed by atoms with Crippen LogP contribution < -0.4 is 10.6 Å². The molecule has 2 N–H and O–H groups in total. The molecular weight excluding hydrogens is 426 g/mol. The van der Waals surface area contributed by atoms with E-state index < -0.39 is 0 Å². The van der Waals surface area contributed by atoms with Gasteiger partial charge in [0, 0.05) is 24.1 Å². The van der Waals surface area contributed by atoms with Gasteiger partial charge in [0.1, 0.15) is 11.3 Å². The van der Waals surface area contributed by atoms with Gasteiger partial charge >= 0.3 is 0 Å². The average Bonchev–Trinajstić information content (AvgIpc) is 3.59. The topological polar surface area (TPSA) is 97.6 Å². The molecule has 1 amide bonds. The second kappa shape index (κ2) is 9.21. The molecule has 8 heteroatoms. The second-order valence-corrected chi connectivity index (χ2v) is 8.97. The first-order valence-electron chi connectivity index (χ1n) is 11.8. The summed E-state index contributed by atoms with van der Waals surface area (Å²) in [5.74, 6) is 1.25. The van der Waals surface area contributed by atoms with Crippen molar-refractivity contribution in [3.05, 3.63) is 71.3 Å². The largest absolute Gasteiger partial charge is 0.362 e. The number of anilines is 2. The fourth-order valence-corrected chi connectivity index (χ4v) is 4.13. The normalized spacial score (nSPS) is 14.2. The summed E-state index contributed by atoms with van der Waals surface area (Å²) in [6, 6.07) is 9.97. The monoisotopic (exact) mass is 455 g/mol. The van der Waals surface area contributed by atoms with Crippen LogP contribution in [-0.2, 0) is 17.8 Å². The van der Waals surface area contributed by atoms with Gasteiger partial charge in [-0.2, -0.15) is 5.10 Å². The van der Waals surface area contributed by atoms with Crippen molar-refractivity contribution in [3.8, 4) is 0 Å². The maximum absolute atomic E-state index is 12.6. The van der Waals surface area contributed by atoms with Gasteiger partial charge in [-0.3, -0.25) is 14.5 Å². The van der Waals surface area contributed by atoms with Crippen LogP contribution >= 0.6 is 0 Å². The molecule has 1 atom stereocenters. The summed E-state index contributed by atoms with van der Waals surface area (Å²) in [5.41, 5.74) is 6.41. The quantitative estimate of drug-likeness (QED) is 0.397. The number of pyridine rings is 1. The van der Waals surface area contributed by atoms with Crippen LogP contribution in [0.25, 0.3) is 11.2 Å². The number of aromatic nitrogens is 5. The molecule has 34 heavy (non-hydrogen) atoms. The number of carbonyl (C=O) groups is 1. The van der Waals surface area contributed by atoms with E-state index >= 15 is 0 Å². The van der Waals surface area contributed by atoms with Gasteiger partial charge in [0.05, 0.1) is 24.9 Å². The van der Waals surface area contributed by atoms with E-state index in [0.29, 0.717) is 17.4 Å². The molecule has 1 aliphatic rings. The Hall–Kier alpha value is -3.81. The highest BCUT2D eigenvalue weighted by Crippen LogP contribution is 2.39. The Morgan fingerprint density at radius 3 is 2.76 bits per heavy atom. The van der Waals surface area contributed by atoms with E-state index in [-0.39, 0.29) is 18.4 Å². The number of hydrogen-bond acceptors (Lipinski definition) is 6. The molecule has 0 radical (unpaired) electrons. The van der Waals surface area contributed by atoms with Crippen molar-refractivity contribution in [2.24, 2.45) is 0 Å². The molecule has 1 aromatic carbocycles. The van der Waals surface area contributed by atoms with Crippen LogP contribution in [0.5, 0.6) is 0 Å². The molecule has 4 aromatic rings. The number of fused-ring (bicyclic) bond motifs is 1. The third-order valence-electron chi connectivity index (χ3n) is 6.23. The highest BCUT2D eigenvalue weighted by atomic mass is 16.1. The molecule has 0 unspecified atom stereocenters. The fourth-order valence-electron chi connectivity index (χ4n) is 4.13. The minimum atomic E-state index is -0.0788. The summed E-state index contributed by atoms with van der Waals surface area (Å²) >= 11 is 0. The van der Waals surface area contributed by atoms with Crippen molar-refractivity contribution in [2.75, 3.05) is 10.6 Å². The molecule has 1 fully saturated rings. The molecule has 0 spiro atoms. The van der Waals surface area contributed by atoms with Crippen LogP contribution in [0.15, 0.2) is 48.9 Å². The second-order valence-electron chi connectivity index (χ2n) is 8.97. The van der Waals surface area contributed by atoms with Crippen molar-refractivity contribution < 1.29 is 4.79 Å². The lowest BCUT2D eigenvalue weighted by atomic mass is 10.0. The SMILES string of the molecule is CCn1cc2ncc(N[C@@H](C)c3cc(NC(=O)Cc4ccc(C5CC5)cn4)ccc3C)nc2n1. The predicted molar refractivity (Wildman–Crippen MR) is 133 cm³/mol. The highest BCUT2D eigenvalue weighted by molar-refractivity contribution is 5.92. The van der Waals surface area contributed by atoms with Gasteiger partial charge in [-0.25, -0.2) is 9.97 Å². The average molecular weight is 456 g/mol. The van der Waals surface area contributed by atoms with Crippen molar-refractivity contribution in [1.82, 2.24) is 24.7 Å². The van der Waals surface area contributed by atoms with Gasteiger partial charge < -0.3 is 10.6 Å². The lowest BCUT2D eigenvalue weighted by molar-refractivity contribution is -0.115. The Kier molecular flexibility index (Phi) is 5.96. The summed E-state index contributed by atoms with van der Waals surface area (Å²) in [4.78, 5) is 26.2. The Morgan fingerprint density at radius 1 is 1.18 bits per heavy atom. The zero-order valence-corrected chi connectivity index (χ0v) is 19.7. The number of nitrogens with one attached hydrogen (secondary N) is 2. The van der Waals surface area contributed by atoms with Crippen LogP contribution in [0.2, 0.25) is 0 Å². The summed E-state index contributed by atoms with van der Waals surface area (Å²) in [5, 5.41) is 10.9. The standard InChI is InChI=1S/C26H29N7O/c1-4-33-15-23-26(32-33)31-24(14-28-23)29-17(3)22-11-21(9-5-16(22)2)30-25(34)12-20-10-8-19(13-27-20)18-6-7-18/h5,8-11,13-15,17-18H,4,6-7,12H2,1-3H3,(H,30,34)(H,29,31,32)/t17-/m0/s1. The Balaban J connectivity index is 1.25. The van der Waals surface area contributed by atoms with Gasteiger partial charge in [0.2, 0.25) is 11.6 Å². The molecule has 3 heterocycles. The Labute approximate surface area is 198 Å². The van der Waals surface area contributed by atoms with Gasteiger partial charge in [-0.05, 0) is 74.4 Å². The van der Waals surface area contributed by atoms with Gasteiger partial charge in [-0.1, -0.05) is 12.1 Å². The first kappa shape index (κ1) is 22.0. The molecule has 1 aliphatic carbocycles. The lowest BCUT2D eigenvalue weighted by Gasteiger charge is -2.18. The molecule has 0 bridgehead atoms. The lowest BCUT2D eigenvalue weighted by Crippen LogP contribution is -2.16. The number of benzene rings is 1. The molecular formula is C26H29N7O. The van der Waals surface area contributed by atoms with Crippen LogP contribution in [0.4, 0.5) is 11.5 Å². The predicted octanol–water partition coefficient (Wildman–Crippen LogP) is 4.78. The van der Waals surface area contributed by atoms with E-state index in [4.69, 9.17) is 0 Å². The molecule has 5 rings (SSSR count). The van der Waals surface area contributed by atoms with E-state index in [1.54, 1.807) is 6.20 Å². The zero-order valence-electron chi connectivity index (χ0n) is 19.7. The van der Waals surface area contributed by atoms with E-state index in [9.17, 15) is 4.79 Å². The maximum Gasteiger partial charge on any atom is 0.230 e.